The van der Waals surface area contributed by atoms with Crippen molar-refractivity contribution in [1.82, 2.24) is 9.71 Å². The van der Waals surface area contributed by atoms with Gasteiger partial charge in [0.05, 0.1) is 12.2 Å². The fourth-order valence-corrected chi connectivity index (χ4v) is 4.61. The standard InChI is InChI=1S/C18H22N2O2S2/c21-24(22,12-11-15-7-3-1-4-8-15)19-13-18-20-17(14-23-18)16-9-5-2-6-10-16/h1,3-4,7-8,11-12,14,16,19H,2,5-6,9-10,13H2/b12-11+. The zero-order valence-electron chi connectivity index (χ0n) is 13.5. The predicted octanol–water partition coefficient (Wildman–Crippen LogP) is 4.28. The fraction of sp³-hybridized carbons (Fsp3) is 0.389. The number of sulfonamides is 1. The van der Waals surface area contributed by atoms with Crippen molar-refractivity contribution in [3.05, 3.63) is 57.4 Å². The summed E-state index contributed by atoms with van der Waals surface area (Å²) in [7, 11) is -3.46. The maximum absolute atomic E-state index is 12.1. The molecule has 6 heteroatoms. The molecule has 1 aromatic carbocycles. The highest BCUT2D eigenvalue weighted by molar-refractivity contribution is 7.92. The van der Waals surface area contributed by atoms with Crippen LogP contribution < -0.4 is 4.72 Å². The highest BCUT2D eigenvalue weighted by atomic mass is 32.2. The summed E-state index contributed by atoms with van der Waals surface area (Å²) in [4.78, 5) is 4.62. The molecule has 0 bridgehead atoms. The molecule has 1 fully saturated rings. The highest BCUT2D eigenvalue weighted by Gasteiger charge is 2.18. The van der Waals surface area contributed by atoms with Gasteiger partial charge in [0.2, 0.25) is 10.0 Å². The average molecular weight is 363 g/mol. The number of hydrogen-bond acceptors (Lipinski definition) is 4. The lowest BCUT2D eigenvalue weighted by molar-refractivity contribution is 0.437. The van der Waals surface area contributed by atoms with Crippen molar-refractivity contribution in [3.63, 3.8) is 0 Å². The highest BCUT2D eigenvalue weighted by Crippen LogP contribution is 2.33. The number of thiazole rings is 1. The van der Waals surface area contributed by atoms with Gasteiger partial charge in [-0.3, -0.25) is 0 Å². The largest absolute Gasteiger partial charge is 0.245 e. The molecule has 0 atom stereocenters. The second-order valence-corrected chi connectivity index (χ2v) is 8.67. The normalized spacial score (nSPS) is 16.7. The minimum atomic E-state index is -3.46. The van der Waals surface area contributed by atoms with Gasteiger partial charge < -0.3 is 0 Å². The number of nitrogens with one attached hydrogen (secondary N) is 1. The van der Waals surface area contributed by atoms with Crippen LogP contribution >= 0.6 is 11.3 Å². The van der Waals surface area contributed by atoms with E-state index in [0.29, 0.717) is 5.92 Å². The van der Waals surface area contributed by atoms with Gasteiger partial charge in [-0.25, -0.2) is 18.1 Å². The number of aromatic nitrogens is 1. The minimum absolute atomic E-state index is 0.249. The average Bonchev–Trinajstić information content (AvgIpc) is 3.09. The second-order valence-electron chi connectivity index (χ2n) is 6.08. The fourth-order valence-electron chi connectivity index (χ4n) is 2.93. The van der Waals surface area contributed by atoms with Crippen LogP contribution in [0.4, 0.5) is 0 Å². The molecule has 1 N–H and O–H groups in total. The second kappa shape index (κ2) is 8.05. The molecule has 1 saturated carbocycles. The Morgan fingerprint density at radius 3 is 2.67 bits per heavy atom. The molecule has 24 heavy (non-hydrogen) atoms. The van der Waals surface area contributed by atoms with Crippen LogP contribution in [-0.4, -0.2) is 13.4 Å². The van der Waals surface area contributed by atoms with E-state index in [0.717, 1.165) is 16.3 Å². The number of rotatable bonds is 6. The zero-order valence-corrected chi connectivity index (χ0v) is 15.2. The molecule has 0 unspecified atom stereocenters. The Bertz CT molecular complexity index is 776. The monoisotopic (exact) mass is 362 g/mol. The van der Waals surface area contributed by atoms with Gasteiger partial charge in [0.25, 0.3) is 0 Å². The molecule has 0 saturated heterocycles. The molecular formula is C18H22N2O2S2. The van der Waals surface area contributed by atoms with Crippen LogP contribution in [0, 0.1) is 0 Å². The number of hydrogen-bond donors (Lipinski definition) is 1. The Balaban J connectivity index is 1.56. The molecule has 4 nitrogen and oxygen atoms in total. The third-order valence-corrected chi connectivity index (χ3v) is 6.16. The van der Waals surface area contributed by atoms with Gasteiger partial charge in [0, 0.05) is 16.7 Å². The first kappa shape index (κ1) is 17.3. The van der Waals surface area contributed by atoms with E-state index in [4.69, 9.17) is 0 Å². The van der Waals surface area contributed by atoms with Gasteiger partial charge in [-0.2, -0.15) is 0 Å². The van der Waals surface area contributed by atoms with Crippen molar-refractivity contribution in [2.75, 3.05) is 0 Å². The molecule has 128 valence electrons. The smallest absolute Gasteiger partial charge is 0.234 e. The van der Waals surface area contributed by atoms with Crippen LogP contribution in [0.3, 0.4) is 0 Å². The third-order valence-electron chi connectivity index (χ3n) is 4.26. The first-order valence-corrected chi connectivity index (χ1v) is 10.7. The zero-order chi connectivity index (χ0) is 16.8. The molecular weight excluding hydrogens is 340 g/mol. The van der Waals surface area contributed by atoms with E-state index < -0.39 is 10.0 Å². The van der Waals surface area contributed by atoms with E-state index in [1.165, 1.54) is 48.8 Å². The van der Waals surface area contributed by atoms with E-state index in [2.05, 4.69) is 15.1 Å². The van der Waals surface area contributed by atoms with Crippen LogP contribution in [0.25, 0.3) is 6.08 Å². The Labute approximate surface area is 147 Å². The molecule has 0 aliphatic heterocycles. The molecule has 0 amide bonds. The lowest BCUT2D eigenvalue weighted by atomic mass is 9.87. The summed E-state index contributed by atoms with van der Waals surface area (Å²) in [5.41, 5.74) is 1.99. The summed E-state index contributed by atoms with van der Waals surface area (Å²) in [6, 6.07) is 9.38. The van der Waals surface area contributed by atoms with E-state index >= 15 is 0 Å². The Morgan fingerprint density at radius 2 is 1.92 bits per heavy atom. The van der Waals surface area contributed by atoms with Gasteiger partial charge in [-0.15, -0.1) is 11.3 Å². The maximum atomic E-state index is 12.1. The van der Waals surface area contributed by atoms with Gasteiger partial charge in [-0.1, -0.05) is 49.6 Å². The summed E-state index contributed by atoms with van der Waals surface area (Å²) in [5, 5.41) is 4.12. The molecule has 0 radical (unpaired) electrons. The number of nitrogens with zero attached hydrogens (tertiary/aromatic N) is 1. The van der Waals surface area contributed by atoms with Crippen LogP contribution in [0.1, 0.15) is 54.3 Å². The molecule has 1 aliphatic rings. The van der Waals surface area contributed by atoms with Gasteiger partial charge in [0.15, 0.2) is 0 Å². The van der Waals surface area contributed by atoms with E-state index in [9.17, 15) is 8.42 Å². The van der Waals surface area contributed by atoms with Gasteiger partial charge >= 0.3 is 0 Å². The lowest BCUT2D eigenvalue weighted by Crippen LogP contribution is -2.20. The quantitative estimate of drug-likeness (QED) is 0.834. The Hall–Kier alpha value is -1.50. The van der Waals surface area contributed by atoms with Crippen molar-refractivity contribution >= 4 is 27.4 Å². The molecule has 0 spiro atoms. The van der Waals surface area contributed by atoms with Crippen molar-refractivity contribution in [3.8, 4) is 0 Å². The van der Waals surface area contributed by atoms with Crippen molar-refractivity contribution in [2.24, 2.45) is 0 Å². The summed E-state index contributed by atoms with van der Waals surface area (Å²) in [5.74, 6) is 0.554. The molecule has 1 aromatic heterocycles. The minimum Gasteiger partial charge on any atom is -0.245 e. The Kier molecular flexibility index (Phi) is 5.81. The molecule has 2 aromatic rings. The van der Waals surface area contributed by atoms with Crippen molar-refractivity contribution in [2.45, 2.75) is 44.6 Å². The lowest BCUT2D eigenvalue weighted by Gasteiger charge is -2.19. The first-order valence-electron chi connectivity index (χ1n) is 8.29. The van der Waals surface area contributed by atoms with Crippen LogP contribution in [0.2, 0.25) is 0 Å². The van der Waals surface area contributed by atoms with Crippen molar-refractivity contribution in [1.29, 1.82) is 0 Å². The molecule has 1 heterocycles. The first-order chi connectivity index (χ1) is 11.6. The van der Waals surface area contributed by atoms with Gasteiger partial charge in [-0.05, 0) is 24.5 Å². The summed E-state index contributed by atoms with van der Waals surface area (Å²) in [6.45, 7) is 0.249. The summed E-state index contributed by atoms with van der Waals surface area (Å²) in [6.07, 6.45) is 7.87. The number of benzene rings is 1. The Morgan fingerprint density at radius 1 is 1.17 bits per heavy atom. The van der Waals surface area contributed by atoms with Crippen LogP contribution in [-0.2, 0) is 16.6 Å². The van der Waals surface area contributed by atoms with Gasteiger partial charge in [0.1, 0.15) is 5.01 Å². The summed E-state index contributed by atoms with van der Waals surface area (Å²) < 4.78 is 26.7. The van der Waals surface area contributed by atoms with E-state index in [1.807, 2.05) is 30.3 Å². The molecule has 1 aliphatic carbocycles. The third kappa shape index (κ3) is 5.00. The van der Waals surface area contributed by atoms with Crippen LogP contribution in [0.15, 0.2) is 41.1 Å². The topological polar surface area (TPSA) is 59.1 Å². The predicted molar refractivity (Wildman–Crippen MR) is 99.2 cm³/mol. The maximum Gasteiger partial charge on any atom is 0.234 e. The summed E-state index contributed by atoms with van der Waals surface area (Å²) >= 11 is 1.54. The van der Waals surface area contributed by atoms with Crippen LogP contribution in [0.5, 0.6) is 0 Å². The van der Waals surface area contributed by atoms with E-state index in [-0.39, 0.29) is 6.54 Å². The van der Waals surface area contributed by atoms with Crippen molar-refractivity contribution < 1.29 is 8.42 Å². The van der Waals surface area contributed by atoms with E-state index in [1.54, 1.807) is 6.08 Å². The molecule has 3 rings (SSSR count). The SMILES string of the molecule is O=S(=O)(/C=C/c1ccccc1)NCc1nc(C2CCCCC2)cs1.